The average molecular weight is 733 g/mol. The maximum atomic E-state index is 6.47. The van der Waals surface area contributed by atoms with Gasteiger partial charge < -0.3 is 8.98 Å². The molecule has 8 aromatic carbocycles. The van der Waals surface area contributed by atoms with Gasteiger partial charge in [-0.1, -0.05) is 133 Å². The van der Waals surface area contributed by atoms with Crippen molar-refractivity contribution in [2.24, 2.45) is 15.0 Å². The van der Waals surface area contributed by atoms with Gasteiger partial charge in [0.15, 0.2) is 11.7 Å². The SMILES string of the molecule is C=N/C(=N\C(=N/Cc1ccccc1)c1ccc(-c2ccccc2)cc1)c1ccc2oc3cc(-c4ccc5c(c4)c4ccccc4n5-c4ccccc4)ccc3c2c1. The fourth-order valence-corrected chi connectivity index (χ4v) is 7.78. The molecule has 0 atom stereocenters. The Hall–Kier alpha value is -7.63. The number of aromatic nitrogens is 1. The molecule has 2 heterocycles. The van der Waals surface area contributed by atoms with E-state index >= 15 is 0 Å². The standard InChI is InChI=1S/C52H36N4O/c1-53-51(55-52(54-34-35-13-5-2-6-14-35)38-23-21-37(22-24-38)36-15-7-3-8-16-36)41-27-30-49-46(32-41)44-28-25-40(33-50(44)57-49)39-26-29-48-45(31-39)43-19-11-12-20-47(43)56(48)42-17-9-4-10-18-42/h2-33H,1,34H2/b54-52-,55-51-. The Morgan fingerprint density at radius 3 is 1.88 bits per heavy atom. The lowest BCUT2D eigenvalue weighted by atomic mass is 10.0. The molecule has 0 radical (unpaired) electrons. The van der Waals surface area contributed by atoms with E-state index in [0.717, 1.165) is 66.6 Å². The van der Waals surface area contributed by atoms with Crippen molar-refractivity contribution in [3.63, 3.8) is 0 Å². The van der Waals surface area contributed by atoms with Crippen LogP contribution < -0.4 is 0 Å². The molecule has 10 aromatic rings. The van der Waals surface area contributed by atoms with E-state index in [4.69, 9.17) is 14.4 Å². The molecule has 0 aliphatic heterocycles. The van der Waals surface area contributed by atoms with Crippen molar-refractivity contribution in [1.29, 1.82) is 0 Å². The Labute approximate surface area is 330 Å². The summed E-state index contributed by atoms with van der Waals surface area (Å²) >= 11 is 0. The Kier molecular flexibility index (Phi) is 8.65. The van der Waals surface area contributed by atoms with Gasteiger partial charge in [0.05, 0.1) is 17.6 Å². The zero-order valence-electron chi connectivity index (χ0n) is 31.1. The number of rotatable bonds is 7. The number of hydrogen-bond acceptors (Lipinski definition) is 2. The number of furan rings is 1. The molecule has 0 aliphatic rings. The largest absolute Gasteiger partial charge is 0.456 e. The van der Waals surface area contributed by atoms with Gasteiger partial charge >= 0.3 is 0 Å². The summed E-state index contributed by atoms with van der Waals surface area (Å²) in [5.41, 5.74) is 12.5. The van der Waals surface area contributed by atoms with Crippen LogP contribution in [-0.4, -0.2) is 23.0 Å². The van der Waals surface area contributed by atoms with Crippen molar-refractivity contribution >= 4 is 62.1 Å². The quantitative estimate of drug-likeness (QED) is 0.119. The first-order valence-corrected chi connectivity index (χ1v) is 19.1. The highest BCUT2D eigenvalue weighted by Gasteiger charge is 2.16. The molecule has 57 heavy (non-hydrogen) atoms. The van der Waals surface area contributed by atoms with Gasteiger partial charge in [0.1, 0.15) is 11.2 Å². The molecule has 0 saturated carbocycles. The lowest BCUT2D eigenvalue weighted by molar-refractivity contribution is 0.669. The third-order valence-corrected chi connectivity index (χ3v) is 10.6. The first-order valence-electron chi connectivity index (χ1n) is 19.1. The van der Waals surface area contributed by atoms with E-state index in [0.29, 0.717) is 18.2 Å². The van der Waals surface area contributed by atoms with Crippen molar-refractivity contribution < 1.29 is 4.42 Å². The highest BCUT2D eigenvalue weighted by Crippen LogP contribution is 2.37. The van der Waals surface area contributed by atoms with E-state index in [-0.39, 0.29) is 0 Å². The molecule has 5 nitrogen and oxygen atoms in total. The Balaban J connectivity index is 1.01. The smallest absolute Gasteiger partial charge is 0.161 e. The van der Waals surface area contributed by atoms with E-state index in [1.807, 2.05) is 48.5 Å². The van der Waals surface area contributed by atoms with Crippen LogP contribution in [0.15, 0.2) is 214 Å². The number of aliphatic imine (C=N–C) groups is 3. The zero-order valence-corrected chi connectivity index (χ0v) is 31.1. The van der Waals surface area contributed by atoms with Gasteiger partial charge in [-0.05, 0) is 95.2 Å². The van der Waals surface area contributed by atoms with Crippen LogP contribution in [0.1, 0.15) is 16.7 Å². The lowest BCUT2D eigenvalue weighted by Gasteiger charge is -2.08. The minimum atomic E-state index is 0.486. The molecule has 0 fully saturated rings. The van der Waals surface area contributed by atoms with Gasteiger partial charge in [0, 0.05) is 38.4 Å². The fourth-order valence-electron chi connectivity index (χ4n) is 7.78. The summed E-state index contributed by atoms with van der Waals surface area (Å²) in [5, 5.41) is 4.45. The molecule has 5 heteroatoms. The van der Waals surface area contributed by atoms with Crippen LogP contribution in [0.3, 0.4) is 0 Å². The Morgan fingerprint density at radius 2 is 1.09 bits per heavy atom. The molecule has 270 valence electrons. The highest BCUT2D eigenvalue weighted by atomic mass is 16.3. The molecule has 0 unspecified atom stereocenters. The predicted octanol–water partition coefficient (Wildman–Crippen LogP) is 13.1. The van der Waals surface area contributed by atoms with Crippen molar-refractivity contribution in [1.82, 2.24) is 4.57 Å². The minimum Gasteiger partial charge on any atom is -0.456 e. The van der Waals surface area contributed by atoms with E-state index in [1.165, 1.54) is 21.8 Å². The van der Waals surface area contributed by atoms with Crippen LogP contribution in [0.25, 0.3) is 71.7 Å². The number of amidine groups is 2. The molecule has 0 amide bonds. The molecular weight excluding hydrogens is 697 g/mol. The molecule has 10 rings (SSSR count). The van der Waals surface area contributed by atoms with E-state index in [1.54, 1.807) is 0 Å². The third-order valence-electron chi connectivity index (χ3n) is 10.6. The molecule has 0 aliphatic carbocycles. The topological polar surface area (TPSA) is 55.1 Å². The number of nitrogens with zero attached hydrogens (tertiary/aromatic N) is 4. The van der Waals surface area contributed by atoms with Gasteiger partial charge in [-0.25, -0.2) is 9.98 Å². The maximum absolute atomic E-state index is 6.47. The number of fused-ring (bicyclic) bond motifs is 6. The molecular formula is C52H36N4O. The molecule has 0 saturated heterocycles. The monoisotopic (exact) mass is 732 g/mol. The minimum absolute atomic E-state index is 0.486. The first-order chi connectivity index (χ1) is 28.2. The van der Waals surface area contributed by atoms with Crippen LogP contribution in [-0.2, 0) is 6.54 Å². The third kappa shape index (κ3) is 6.41. The second-order valence-electron chi connectivity index (χ2n) is 14.1. The summed E-state index contributed by atoms with van der Waals surface area (Å²) in [6.07, 6.45) is 0. The predicted molar refractivity (Wildman–Crippen MR) is 238 cm³/mol. The van der Waals surface area contributed by atoms with E-state index in [9.17, 15) is 0 Å². The highest BCUT2D eigenvalue weighted by molar-refractivity contribution is 6.16. The average Bonchev–Trinajstić information content (AvgIpc) is 3.82. The van der Waals surface area contributed by atoms with Crippen LogP contribution in [0.2, 0.25) is 0 Å². The Morgan fingerprint density at radius 1 is 0.456 bits per heavy atom. The molecule has 0 N–H and O–H groups in total. The van der Waals surface area contributed by atoms with Gasteiger partial charge in [-0.3, -0.25) is 4.99 Å². The van der Waals surface area contributed by atoms with Crippen molar-refractivity contribution in [2.45, 2.75) is 6.54 Å². The summed E-state index contributed by atoms with van der Waals surface area (Å²) < 4.78 is 8.81. The van der Waals surface area contributed by atoms with Crippen molar-refractivity contribution in [2.75, 3.05) is 0 Å². The number of para-hydroxylation sites is 2. The maximum Gasteiger partial charge on any atom is 0.161 e. The van der Waals surface area contributed by atoms with E-state index in [2.05, 4.69) is 162 Å². The van der Waals surface area contributed by atoms with Gasteiger partial charge in [-0.2, -0.15) is 0 Å². The second kappa shape index (κ2) is 14.5. The summed E-state index contributed by atoms with van der Waals surface area (Å²) in [5.74, 6) is 1.08. The van der Waals surface area contributed by atoms with Crippen LogP contribution in [0, 0.1) is 0 Å². The summed E-state index contributed by atoms with van der Waals surface area (Å²) in [6.45, 7) is 4.42. The van der Waals surface area contributed by atoms with Gasteiger partial charge in [-0.15, -0.1) is 0 Å². The molecule has 2 aromatic heterocycles. The van der Waals surface area contributed by atoms with Crippen molar-refractivity contribution in [3.8, 4) is 27.9 Å². The van der Waals surface area contributed by atoms with E-state index < -0.39 is 0 Å². The van der Waals surface area contributed by atoms with Crippen molar-refractivity contribution in [3.05, 3.63) is 211 Å². The molecule has 0 spiro atoms. The second-order valence-corrected chi connectivity index (χ2v) is 14.1. The summed E-state index contributed by atoms with van der Waals surface area (Å²) in [6, 6.07) is 67.3. The fraction of sp³-hybridized carbons (Fsp3) is 0.0192. The molecule has 0 bridgehead atoms. The lowest BCUT2D eigenvalue weighted by Crippen LogP contribution is -2.05. The normalized spacial score (nSPS) is 12.2. The Bertz CT molecular complexity index is 3140. The van der Waals surface area contributed by atoms with Crippen LogP contribution in [0.5, 0.6) is 0 Å². The zero-order chi connectivity index (χ0) is 38.1. The summed E-state index contributed by atoms with van der Waals surface area (Å²) in [4.78, 5) is 14.5. The van der Waals surface area contributed by atoms with Crippen LogP contribution >= 0.6 is 0 Å². The number of hydrogen-bond donors (Lipinski definition) is 0. The first kappa shape index (κ1) is 33.9. The number of benzene rings is 8. The van der Waals surface area contributed by atoms with Gasteiger partial charge in [0.25, 0.3) is 0 Å². The summed E-state index contributed by atoms with van der Waals surface area (Å²) in [7, 11) is 0. The van der Waals surface area contributed by atoms with Gasteiger partial charge in [0.2, 0.25) is 0 Å². The van der Waals surface area contributed by atoms with Crippen LogP contribution in [0.4, 0.5) is 0 Å².